The van der Waals surface area contributed by atoms with Gasteiger partial charge in [-0.2, -0.15) is 0 Å². The summed E-state index contributed by atoms with van der Waals surface area (Å²) < 4.78 is 0. The molecule has 2 aromatic rings. The second kappa shape index (κ2) is 4.45. The molecule has 0 saturated carbocycles. The smallest absolute Gasteiger partial charge is 0.251 e. The van der Waals surface area contributed by atoms with Gasteiger partial charge in [-0.05, 0) is 13.0 Å². The second-order valence-electron chi connectivity index (χ2n) is 3.37. The first-order valence-electron chi connectivity index (χ1n) is 4.96. The van der Waals surface area contributed by atoms with Crippen LogP contribution in [0, 0.1) is 6.92 Å². The van der Waals surface area contributed by atoms with Crippen molar-refractivity contribution >= 4 is 17.2 Å². The first-order chi connectivity index (χ1) is 7.72. The Kier molecular flexibility index (Phi) is 3.01. The molecule has 1 aromatic carbocycles. The zero-order valence-electron chi connectivity index (χ0n) is 9.15. The molecular formula is C12H12N2OS. The minimum absolute atomic E-state index is 0.0679. The van der Waals surface area contributed by atoms with Gasteiger partial charge in [0.25, 0.3) is 5.91 Å². The van der Waals surface area contributed by atoms with E-state index >= 15 is 0 Å². The predicted octanol–water partition coefficient (Wildman–Crippen LogP) is 2.48. The van der Waals surface area contributed by atoms with Gasteiger partial charge in [-0.1, -0.05) is 18.2 Å². The van der Waals surface area contributed by atoms with Crippen LogP contribution in [0.1, 0.15) is 15.4 Å². The standard InChI is InChI=1S/C12H12N2OS/c1-8-14-7-11(16-8)9-5-3-4-6-10(9)12(15)13-2/h3-7H,1-2H3,(H,13,15). The number of aromatic nitrogens is 1. The number of benzene rings is 1. The van der Waals surface area contributed by atoms with E-state index in [1.165, 1.54) is 0 Å². The molecule has 0 saturated heterocycles. The number of amides is 1. The minimum atomic E-state index is -0.0679. The highest BCUT2D eigenvalue weighted by Crippen LogP contribution is 2.28. The van der Waals surface area contributed by atoms with E-state index in [4.69, 9.17) is 0 Å². The zero-order valence-corrected chi connectivity index (χ0v) is 9.97. The molecule has 0 atom stereocenters. The van der Waals surface area contributed by atoms with Crippen LogP contribution in [0.2, 0.25) is 0 Å². The van der Waals surface area contributed by atoms with Crippen LogP contribution in [0.25, 0.3) is 10.4 Å². The zero-order chi connectivity index (χ0) is 11.5. The van der Waals surface area contributed by atoms with E-state index in [2.05, 4.69) is 10.3 Å². The van der Waals surface area contributed by atoms with E-state index < -0.39 is 0 Å². The van der Waals surface area contributed by atoms with Crippen molar-refractivity contribution in [3.05, 3.63) is 41.0 Å². The number of nitrogens with one attached hydrogen (secondary N) is 1. The van der Waals surface area contributed by atoms with Crippen LogP contribution in [0.5, 0.6) is 0 Å². The Labute approximate surface area is 98.2 Å². The maximum atomic E-state index is 11.7. The largest absolute Gasteiger partial charge is 0.355 e. The van der Waals surface area contributed by atoms with Crippen molar-refractivity contribution in [2.45, 2.75) is 6.92 Å². The molecule has 0 aliphatic heterocycles. The van der Waals surface area contributed by atoms with Crippen LogP contribution < -0.4 is 5.32 Å². The average Bonchev–Trinajstić information content (AvgIpc) is 2.75. The number of hydrogen-bond acceptors (Lipinski definition) is 3. The summed E-state index contributed by atoms with van der Waals surface area (Å²) in [5.41, 5.74) is 1.63. The third kappa shape index (κ3) is 1.97. The molecule has 1 heterocycles. The number of aryl methyl sites for hydroxylation is 1. The Morgan fingerprint density at radius 1 is 1.38 bits per heavy atom. The van der Waals surface area contributed by atoms with Gasteiger partial charge in [-0.15, -0.1) is 11.3 Å². The van der Waals surface area contributed by atoms with Gasteiger partial charge in [-0.25, -0.2) is 4.98 Å². The SMILES string of the molecule is CNC(=O)c1ccccc1-c1cnc(C)s1. The van der Waals surface area contributed by atoms with Gasteiger partial charge in [0.15, 0.2) is 0 Å². The number of carbonyl (C=O) groups excluding carboxylic acids is 1. The third-order valence-corrected chi connectivity index (χ3v) is 3.23. The van der Waals surface area contributed by atoms with E-state index in [9.17, 15) is 4.79 Å². The number of nitrogens with zero attached hydrogens (tertiary/aromatic N) is 1. The summed E-state index contributed by atoms with van der Waals surface area (Å²) in [5.74, 6) is -0.0679. The van der Waals surface area contributed by atoms with Crippen LogP contribution in [-0.4, -0.2) is 17.9 Å². The van der Waals surface area contributed by atoms with Crippen molar-refractivity contribution in [1.82, 2.24) is 10.3 Å². The lowest BCUT2D eigenvalue weighted by atomic mass is 10.1. The van der Waals surface area contributed by atoms with Gasteiger partial charge in [0.2, 0.25) is 0 Å². The van der Waals surface area contributed by atoms with Crippen molar-refractivity contribution in [2.75, 3.05) is 7.05 Å². The molecule has 2 rings (SSSR count). The van der Waals surface area contributed by atoms with Crippen LogP contribution in [0.4, 0.5) is 0 Å². The highest BCUT2D eigenvalue weighted by molar-refractivity contribution is 7.15. The summed E-state index contributed by atoms with van der Waals surface area (Å²) in [7, 11) is 1.64. The Morgan fingerprint density at radius 2 is 2.12 bits per heavy atom. The molecule has 1 amide bonds. The summed E-state index contributed by atoms with van der Waals surface area (Å²) in [4.78, 5) is 16.9. The number of rotatable bonds is 2. The van der Waals surface area contributed by atoms with Gasteiger partial charge >= 0.3 is 0 Å². The number of carbonyl (C=O) groups is 1. The molecule has 82 valence electrons. The fourth-order valence-corrected chi connectivity index (χ4v) is 2.33. The van der Waals surface area contributed by atoms with Crippen molar-refractivity contribution in [2.24, 2.45) is 0 Å². The van der Waals surface area contributed by atoms with Gasteiger partial charge in [0, 0.05) is 24.4 Å². The lowest BCUT2D eigenvalue weighted by Gasteiger charge is -2.05. The lowest BCUT2D eigenvalue weighted by molar-refractivity contribution is 0.0964. The van der Waals surface area contributed by atoms with Crippen LogP contribution >= 0.6 is 11.3 Å². The van der Waals surface area contributed by atoms with Crippen molar-refractivity contribution in [3.63, 3.8) is 0 Å². The summed E-state index contributed by atoms with van der Waals surface area (Å²) in [6.45, 7) is 1.96. The van der Waals surface area contributed by atoms with E-state index in [1.54, 1.807) is 18.4 Å². The van der Waals surface area contributed by atoms with Crippen molar-refractivity contribution < 1.29 is 4.79 Å². The highest BCUT2D eigenvalue weighted by Gasteiger charge is 2.12. The highest BCUT2D eigenvalue weighted by atomic mass is 32.1. The van der Waals surface area contributed by atoms with Gasteiger partial charge in [-0.3, -0.25) is 4.79 Å². The molecule has 4 heteroatoms. The monoisotopic (exact) mass is 232 g/mol. The first kappa shape index (κ1) is 10.8. The minimum Gasteiger partial charge on any atom is -0.355 e. The van der Waals surface area contributed by atoms with Crippen LogP contribution in [0.15, 0.2) is 30.5 Å². The molecule has 16 heavy (non-hydrogen) atoms. The summed E-state index contributed by atoms with van der Waals surface area (Å²) >= 11 is 1.59. The van der Waals surface area contributed by atoms with Crippen molar-refractivity contribution in [3.8, 4) is 10.4 Å². The fourth-order valence-electron chi connectivity index (χ4n) is 1.52. The number of hydrogen-bond donors (Lipinski definition) is 1. The first-order valence-corrected chi connectivity index (χ1v) is 5.78. The third-order valence-electron chi connectivity index (χ3n) is 2.29. The Balaban J connectivity index is 2.52. The molecule has 0 bridgehead atoms. The van der Waals surface area contributed by atoms with Crippen molar-refractivity contribution in [1.29, 1.82) is 0 Å². The maximum absolute atomic E-state index is 11.7. The van der Waals surface area contributed by atoms with E-state index in [0.717, 1.165) is 15.4 Å². The summed E-state index contributed by atoms with van der Waals surface area (Å²) in [6, 6.07) is 7.56. The molecule has 1 N–H and O–H groups in total. The van der Waals surface area contributed by atoms with E-state index in [1.807, 2.05) is 37.4 Å². The molecule has 0 fully saturated rings. The maximum Gasteiger partial charge on any atom is 0.251 e. The Bertz CT molecular complexity index is 519. The van der Waals surface area contributed by atoms with Gasteiger partial charge in [0.05, 0.1) is 9.88 Å². The molecule has 0 aliphatic rings. The summed E-state index contributed by atoms with van der Waals surface area (Å²) in [6.07, 6.45) is 1.81. The molecule has 1 aromatic heterocycles. The molecular weight excluding hydrogens is 220 g/mol. The predicted molar refractivity (Wildman–Crippen MR) is 65.7 cm³/mol. The second-order valence-corrected chi connectivity index (χ2v) is 4.60. The Hall–Kier alpha value is -1.68. The van der Waals surface area contributed by atoms with Crippen LogP contribution in [0.3, 0.4) is 0 Å². The molecule has 0 unspecified atom stereocenters. The Morgan fingerprint density at radius 3 is 2.75 bits per heavy atom. The van der Waals surface area contributed by atoms with Crippen LogP contribution in [-0.2, 0) is 0 Å². The van der Waals surface area contributed by atoms with E-state index in [-0.39, 0.29) is 5.91 Å². The summed E-state index contributed by atoms with van der Waals surface area (Å²) in [5, 5.41) is 3.65. The average molecular weight is 232 g/mol. The van der Waals surface area contributed by atoms with Gasteiger partial charge in [0.1, 0.15) is 0 Å². The number of thiazole rings is 1. The van der Waals surface area contributed by atoms with E-state index in [0.29, 0.717) is 5.56 Å². The molecule has 3 nitrogen and oxygen atoms in total. The fraction of sp³-hybridized carbons (Fsp3) is 0.167. The topological polar surface area (TPSA) is 42.0 Å². The quantitative estimate of drug-likeness (QED) is 0.864. The normalized spacial score (nSPS) is 10.1. The molecule has 0 aliphatic carbocycles. The molecule has 0 spiro atoms. The molecule has 0 radical (unpaired) electrons. The van der Waals surface area contributed by atoms with Gasteiger partial charge < -0.3 is 5.32 Å². The lowest BCUT2D eigenvalue weighted by Crippen LogP contribution is -2.18.